The van der Waals surface area contributed by atoms with Crippen LogP contribution in [0.3, 0.4) is 0 Å². The van der Waals surface area contributed by atoms with E-state index in [2.05, 4.69) is 39.8 Å². The molecule has 1 aliphatic carbocycles. The second-order valence-corrected chi connectivity index (χ2v) is 9.67. The van der Waals surface area contributed by atoms with Crippen molar-refractivity contribution >= 4 is 16.9 Å². The second-order valence-electron chi connectivity index (χ2n) is 9.67. The van der Waals surface area contributed by atoms with Crippen molar-refractivity contribution in [1.82, 2.24) is 14.5 Å². The maximum atomic E-state index is 13.3. The van der Waals surface area contributed by atoms with Crippen molar-refractivity contribution in [2.45, 2.75) is 25.8 Å². The summed E-state index contributed by atoms with van der Waals surface area (Å²) in [5.41, 5.74) is 4.89. The van der Waals surface area contributed by atoms with Gasteiger partial charge in [0.25, 0.3) is 0 Å². The first kappa shape index (κ1) is 21.8. The highest BCUT2D eigenvalue weighted by Crippen LogP contribution is 2.35. The van der Waals surface area contributed by atoms with E-state index in [9.17, 15) is 9.18 Å². The first-order valence-corrected chi connectivity index (χ1v) is 12.3. The van der Waals surface area contributed by atoms with Crippen LogP contribution in [-0.2, 0) is 11.3 Å². The van der Waals surface area contributed by atoms with Gasteiger partial charge in [0.1, 0.15) is 22.9 Å². The molecule has 2 heterocycles. The Morgan fingerprint density at radius 2 is 1.66 bits per heavy atom. The van der Waals surface area contributed by atoms with E-state index < -0.39 is 0 Å². The summed E-state index contributed by atoms with van der Waals surface area (Å²) in [5, 5.41) is 0. The average molecular weight is 470 g/mol. The lowest BCUT2D eigenvalue weighted by molar-refractivity contribution is -0.131. The topological polar surface area (TPSA) is 47.4 Å². The molecular formula is C29H28FN3O2. The normalized spacial score (nSPS) is 17.8. The molecular weight excluding hydrogens is 441 g/mol. The smallest absolute Gasteiger partial charge is 0.225 e. The number of amides is 1. The van der Waals surface area contributed by atoms with Crippen molar-refractivity contribution in [2.75, 3.05) is 20.2 Å². The molecule has 1 atom stereocenters. The summed E-state index contributed by atoms with van der Waals surface area (Å²) in [7, 11) is 1.67. The summed E-state index contributed by atoms with van der Waals surface area (Å²) < 4.78 is 21.2. The van der Waals surface area contributed by atoms with Crippen LogP contribution in [0.5, 0.6) is 5.75 Å². The maximum absolute atomic E-state index is 13.3. The molecule has 3 aromatic carbocycles. The van der Waals surface area contributed by atoms with Crippen molar-refractivity contribution in [3.8, 4) is 28.3 Å². The molecule has 1 amide bonds. The molecule has 0 spiro atoms. The first-order valence-electron chi connectivity index (χ1n) is 12.3. The third-order valence-electron chi connectivity index (χ3n) is 7.25. The molecule has 178 valence electrons. The molecule has 4 aromatic rings. The largest absolute Gasteiger partial charge is 0.494 e. The lowest BCUT2D eigenvalue weighted by Crippen LogP contribution is -2.30. The quantitative estimate of drug-likeness (QED) is 0.360. The van der Waals surface area contributed by atoms with Gasteiger partial charge in [0, 0.05) is 31.1 Å². The SMILES string of the molecule is COc1cccc2c1nc(-c1ccc(-c3ccc(F)cc3)cc1)n2CC1CCN(C(=O)C2CC2)C1. The zero-order valence-electron chi connectivity index (χ0n) is 19.8. The predicted molar refractivity (Wildman–Crippen MR) is 135 cm³/mol. The lowest BCUT2D eigenvalue weighted by atomic mass is 10.0. The predicted octanol–water partition coefficient (Wildman–Crippen LogP) is 5.78. The first-order chi connectivity index (χ1) is 17.1. The Kier molecular flexibility index (Phi) is 5.51. The molecule has 2 fully saturated rings. The van der Waals surface area contributed by atoms with E-state index in [0.717, 1.165) is 78.2 Å². The van der Waals surface area contributed by atoms with Gasteiger partial charge < -0.3 is 14.2 Å². The zero-order valence-corrected chi connectivity index (χ0v) is 19.8. The van der Waals surface area contributed by atoms with Gasteiger partial charge in [-0.3, -0.25) is 4.79 Å². The van der Waals surface area contributed by atoms with Crippen LogP contribution in [-0.4, -0.2) is 40.6 Å². The number of imidazole rings is 1. The van der Waals surface area contributed by atoms with Gasteiger partial charge in [-0.15, -0.1) is 0 Å². The van der Waals surface area contributed by atoms with Crippen LogP contribution in [0.2, 0.25) is 0 Å². The minimum absolute atomic E-state index is 0.239. The van der Waals surface area contributed by atoms with E-state index >= 15 is 0 Å². The van der Waals surface area contributed by atoms with E-state index in [1.165, 1.54) is 12.1 Å². The Morgan fingerprint density at radius 1 is 0.971 bits per heavy atom. The van der Waals surface area contributed by atoms with Crippen LogP contribution in [0.15, 0.2) is 66.7 Å². The van der Waals surface area contributed by atoms with Gasteiger partial charge in [-0.25, -0.2) is 9.37 Å². The van der Waals surface area contributed by atoms with Gasteiger partial charge in [0.15, 0.2) is 0 Å². The number of rotatable bonds is 6. The summed E-state index contributed by atoms with van der Waals surface area (Å²) in [6, 6.07) is 20.8. The van der Waals surface area contributed by atoms with Gasteiger partial charge in [-0.1, -0.05) is 42.5 Å². The number of para-hydroxylation sites is 1. The fourth-order valence-corrected chi connectivity index (χ4v) is 5.17. The standard InChI is InChI=1S/C29H28FN3O2/c1-35-26-4-2-3-25-27(26)31-28(22-7-5-20(6-8-22)21-11-13-24(30)14-12-21)33(25)18-19-15-16-32(17-19)29(34)23-9-10-23/h2-8,11-14,19,23H,9-10,15-18H2,1H3. The summed E-state index contributed by atoms with van der Waals surface area (Å²) in [5.74, 6) is 2.39. The lowest BCUT2D eigenvalue weighted by Gasteiger charge is -2.18. The number of carbonyl (C=O) groups excluding carboxylic acids is 1. The molecule has 2 aliphatic rings. The zero-order chi connectivity index (χ0) is 23.9. The molecule has 6 heteroatoms. The van der Waals surface area contributed by atoms with Crippen LogP contribution >= 0.6 is 0 Å². The van der Waals surface area contributed by atoms with Gasteiger partial charge >= 0.3 is 0 Å². The number of aromatic nitrogens is 2. The Balaban J connectivity index is 1.34. The summed E-state index contributed by atoms with van der Waals surface area (Å²) in [6.07, 6.45) is 3.10. The Hall–Kier alpha value is -3.67. The number of halogens is 1. The van der Waals surface area contributed by atoms with Crippen molar-refractivity contribution in [1.29, 1.82) is 0 Å². The number of carbonyl (C=O) groups is 1. The number of likely N-dealkylation sites (tertiary alicyclic amines) is 1. The highest BCUT2D eigenvalue weighted by Gasteiger charge is 2.36. The minimum atomic E-state index is -0.239. The number of hydrogen-bond acceptors (Lipinski definition) is 3. The number of hydrogen-bond donors (Lipinski definition) is 0. The molecule has 1 aromatic heterocycles. The molecule has 6 rings (SSSR count). The van der Waals surface area contributed by atoms with Crippen LogP contribution in [0, 0.1) is 17.7 Å². The Bertz CT molecular complexity index is 1370. The number of methoxy groups -OCH3 is 1. The highest BCUT2D eigenvalue weighted by molar-refractivity contribution is 5.86. The third kappa shape index (κ3) is 4.18. The van der Waals surface area contributed by atoms with E-state index in [0.29, 0.717) is 11.8 Å². The number of benzene rings is 3. The molecule has 0 bridgehead atoms. The molecule has 5 nitrogen and oxygen atoms in total. The monoisotopic (exact) mass is 469 g/mol. The molecule has 1 aliphatic heterocycles. The van der Waals surface area contributed by atoms with Crippen LogP contribution in [0.25, 0.3) is 33.5 Å². The van der Waals surface area contributed by atoms with Gasteiger partial charge in [0.2, 0.25) is 5.91 Å². The van der Waals surface area contributed by atoms with Crippen molar-refractivity contribution in [3.05, 3.63) is 72.5 Å². The number of ether oxygens (including phenoxy) is 1. The van der Waals surface area contributed by atoms with Crippen LogP contribution in [0.1, 0.15) is 19.3 Å². The summed E-state index contributed by atoms with van der Waals surface area (Å²) >= 11 is 0. The molecule has 1 saturated heterocycles. The van der Waals surface area contributed by atoms with E-state index in [-0.39, 0.29) is 11.7 Å². The summed E-state index contributed by atoms with van der Waals surface area (Å²) in [4.78, 5) is 19.6. The van der Waals surface area contributed by atoms with Crippen molar-refractivity contribution < 1.29 is 13.9 Å². The molecule has 0 radical (unpaired) electrons. The third-order valence-corrected chi connectivity index (χ3v) is 7.25. The van der Waals surface area contributed by atoms with Crippen LogP contribution < -0.4 is 4.74 Å². The highest BCUT2D eigenvalue weighted by atomic mass is 19.1. The Labute approximate surface area is 204 Å². The number of fused-ring (bicyclic) bond motifs is 1. The maximum Gasteiger partial charge on any atom is 0.225 e. The molecule has 1 saturated carbocycles. The van der Waals surface area contributed by atoms with Crippen molar-refractivity contribution in [2.24, 2.45) is 11.8 Å². The average Bonchev–Trinajstić information content (AvgIpc) is 3.53. The molecule has 35 heavy (non-hydrogen) atoms. The summed E-state index contributed by atoms with van der Waals surface area (Å²) in [6.45, 7) is 2.45. The second kappa shape index (κ2) is 8.84. The molecule has 1 unspecified atom stereocenters. The van der Waals surface area contributed by atoms with Gasteiger partial charge in [-0.05, 0) is 60.6 Å². The van der Waals surface area contributed by atoms with Gasteiger partial charge in [-0.2, -0.15) is 0 Å². The van der Waals surface area contributed by atoms with E-state index in [1.807, 2.05) is 12.1 Å². The fourth-order valence-electron chi connectivity index (χ4n) is 5.17. The number of nitrogens with zero attached hydrogens (tertiary/aromatic N) is 3. The fraction of sp³-hybridized carbons (Fsp3) is 0.310. The van der Waals surface area contributed by atoms with E-state index in [4.69, 9.17) is 9.72 Å². The van der Waals surface area contributed by atoms with E-state index in [1.54, 1.807) is 19.2 Å². The van der Waals surface area contributed by atoms with Crippen molar-refractivity contribution in [3.63, 3.8) is 0 Å². The van der Waals surface area contributed by atoms with Crippen LogP contribution in [0.4, 0.5) is 4.39 Å². The Morgan fingerprint density at radius 3 is 2.34 bits per heavy atom. The molecule has 0 N–H and O–H groups in total. The van der Waals surface area contributed by atoms with Gasteiger partial charge in [0.05, 0.1) is 12.6 Å². The minimum Gasteiger partial charge on any atom is -0.494 e.